The van der Waals surface area contributed by atoms with Gasteiger partial charge in [-0.2, -0.15) is 5.10 Å². The Hall–Kier alpha value is -3.08. The molecule has 5 heteroatoms. The molecule has 114 valence electrons. The molecule has 0 bridgehead atoms. The number of benzene rings is 2. The van der Waals surface area contributed by atoms with Gasteiger partial charge in [0.2, 0.25) is 0 Å². The van der Waals surface area contributed by atoms with Crippen LogP contribution < -0.4 is 10.6 Å². The SMILES string of the molecule is CN(C(N)=O)c1ccc(-c2n[nH]c3c2Cc2ccccc2-3)cc1. The lowest BCUT2D eigenvalue weighted by atomic mass is 10.1. The van der Waals surface area contributed by atoms with Gasteiger partial charge in [0.1, 0.15) is 0 Å². The van der Waals surface area contributed by atoms with Crippen molar-refractivity contribution in [1.29, 1.82) is 0 Å². The van der Waals surface area contributed by atoms with E-state index in [0.29, 0.717) is 0 Å². The molecule has 0 fully saturated rings. The molecule has 4 rings (SSSR count). The third kappa shape index (κ3) is 2.09. The standard InChI is InChI=1S/C18H16N4O/c1-22(18(19)23)13-8-6-11(7-9-13)16-15-10-12-4-2-3-5-14(12)17(15)21-20-16/h2-9H,10H2,1H3,(H2,19,23)(H,20,21). The average Bonchev–Trinajstić information content (AvgIpc) is 3.13. The van der Waals surface area contributed by atoms with Crippen LogP contribution in [0.15, 0.2) is 48.5 Å². The minimum absolute atomic E-state index is 0.478. The molecule has 1 aliphatic carbocycles. The largest absolute Gasteiger partial charge is 0.351 e. The van der Waals surface area contributed by atoms with Crippen LogP contribution in [0.2, 0.25) is 0 Å². The Morgan fingerprint density at radius 2 is 1.91 bits per heavy atom. The van der Waals surface area contributed by atoms with Crippen molar-refractivity contribution in [2.75, 3.05) is 11.9 Å². The Morgan fingerprint density at radius 3 is 2.65 bits per heavy atom. The summed E-state index contributed by atoms with van der Waals surface area (Å²) in [6, 6.07) is 15.6. The van der Waals surface area contributed by atoms with Crippen LogP contribution in [0.1, 0.15) is 11.1 Å². The highest BCUT2D eigenvalue weighted by Crippen LogP contribution is 2.39. The first-order valence-corrected chi connectivity index (χ1v) is 7.44. The molecule has 0 spiro atoms. The molecule has 0 atom stereocenters. The van der Waals surface area contributed by atoms with Crippen molar-refractivity contribution < 1.29 is 4.79 Å². The van der Waals surface area contributed by atoms with Crippen molar-refractivity contribution in [2.45, 2.75) is 6.42 Å². The summed E-state index contributed by atoms with van der Waals surface area (Å²) in [6.07, 6.45) is 0.889. The number of nitrogens with zero attached hydrogens (tertiary/aromatic N) is 2. The van der Waals surface area contributed by atoms with E-state index < -0.39 is 6.03 Å². The zero-order valence-corrected chi connectivity index (χ0v) is 12.7. The molecule has 1 aromatic heterocycles. The van der Waals surface area contributed by atoms with Crippen molar-refractivity contribution in [2.24, 2.45) is 5.73 Å². The van der Waals surface area contributed by atoms with E-state index in [-0.39, 0.29) is 0 Å². The maximum atomic E-state index is 11.2. The van der Waals surface area contributed by atoms with E-state index in [0.717, 1.165) is 29.1 Å². The van der Waals surface area contributed by atoms with Crippen LogP contribution >= 0.6 is 0 Å². The minimum atomic E-state index is -0.478. The number of carbonyl (C=O) groups is 1. The molecule has 0 saturated heterocycles. The van der Waals surface area contributed by atoms with Gasteiger partial charge in [0.15, 0.2) is 0 Å². The second kappa shape index (κ2) is 4.98. The second-order valence-corrected chi connectivity index (χ2v) is 5.70. The third-order valence-corrected chi connectivity index (χ3v) is 4.38. The number of nitrogens with two attached hydrogens (primary N) is 1. The van der Waals surface area contributed by atoms with Crippen LogP contribution in [0.4, 0.5) is 10.5 Å². The molecule has 5 nitrogen and oxygen atoms in total. The average molecular weight is 304 g/mol. The Kier molecular flexibility index (Phi) is 2.94. The van der Waals surface area contributed by atoms with Crippen molar-refractivity contribution in [3.05, 3.63) is 59.7 Å². The predicted octanol–water partition coefficient (Wildman–Crippen LogP) is 3.16. The number of hydrogen-bond acceptors (Lipinski definition) is 2. The molecule has 1 heterocycles. The molecule has 0 radical (unpaired) electrons. The van der Waals surface area contributed by atoms with Crippen LogP contribution in [-0.2, 0) is 6.42 Å². The van der Waals surface area contributed by atoms with Gasteiger partial charge in [0, 0.05) is 35.8 Å². The number of carbonyl (C=O) groups excluding carboxylic acids is 1. The molecule has 23 heavy (non-hydrogen) atoms. The highest BCUT2D eigenvalue weighted by Gasteiger charge is 2.24. The number of amides is 2. The summed E-state index contributed by atoms with van der Waals surface area (Å²) in [4.78, 5) is 12.6. The maximum Gasteiger partial charge on any atom is 0.318 e. The molecule has 0 unspecified atom stereocenters. The molecule has 0 aliphatic heterocycles. The van der Waals surface area contributed by atoms with Crippen molar-refractivity contribution >= 4 is 11.7 Å². The lowest BCUT2D eigenvalue weighted by Crippen LogP contribution is -2.31. The first-order valence-electron chi connectivity index (χ1n) is 7.44. The van der Waals surface area contributed by atoms with Crippen LogP contribution in [-0.4, -0.2) is 23.3 Å². The molecular formula is C18H16N4O. The number of aromatic nitrogens is 2. The van der Waals surface area contributed by atoms with E-state index in [4.69, 9.17) is 5.73 Å². The highest BCUT2D eigenvalue weighted by atomic mass is 16.2. The van der Waals surface area contributed by atoms with Crippen LogP contribution in [0.25, 0.3) is 22.5 Å². The summed E-state index contributed by atoms with van der Waals surface area (Å²) in [5.74, 6) is 0. The van der Waals surface area contributed by atoms with Gasteiger partial charge in [-0.1, -0.05) is 36.4 Å². The first-order chi connectivity index (χ1) is 11.1. The normalized spacial score (nSPS) is 11.9. The number of rotatable bonds is 2. The fourth-order valence-electron chi connectivity index (χ4n) is 3.08. The van der Waals surface area contributed by atoms with Gasteiger partial charge in [-0.15, -0.1) is 0 Å². The smallest absolute Gasteiger partial charge is 0.318 e. The number of urea groups is 1. The summed E-state index contributed by atoms with van der Waals surface area (Å²) in [7, 11) is 1.65. The third-order valence-electron chi connectivity index (χ3n) is 4.38. The summed E-state index contributed by atoms with van der Waals surface area (Å²) in [6.45, 7) is 0. The van der Waals surface area contributed by atoms with E-state index in [1.165, 1.54) is 21.6 Å². The monoisotopic (exact) mass is 304 g/mol. The molecular weight excluding hydrogens is 288 g/mol. The topological polar surface area (TPSA) is 75.0 Å². The fourth-order valence-corrected chi connectivity index (χ4v) is 3.08. The lowest BCUT2D eigenvalue weighted by Gasteiger charge is -2.14. The summed E-state index contributed by atoms with van der Waals surface area (Å²) < 4.78 is 0. The molecule has 3 N–H and O–H groups in total. The Morgan fingerprint density at radius 1 is 1.17 bits per heavy atom. The summed E-state index contributed by atoms with van der Waals surface area (Å²) >= 11 is 0. The summed E-state index contributed by atoms with van der Waals surface area (Å²) in [5.41, 5.74) is 12.9. The maximum absolute atomic E-state index is 11.2. The number of aromatic amines is 1. The number of anilines is 1. The van der Waals surface area contributed by atoms with Crippen LogP contribution in [0.5, 0.6) is 0 Å². The van der Waals surface area contributed by atoms with Gasteiger partial charge in [-0.05, 0) is 17.7 Å². The fraction of sp³-hybridized carbons (Fsp3) is 0.111. The van der Waals surface area contributed by atoms with Crippen molar-refractivity contribution in [3.63, 3.8) is 0 Å². The molecule has 2 amide bonds. The molecule has 1 aliphatic rings. The number of nitrogens with one attached hydrogen (secondary N) is 1. The van der Waals surface area contributed by atoms with Crippen LogP contribution in [0, 0.1) is 0 Å². The van der Waals surface area contributed by atoms with Crippen molar-refractivity contribution in [1.82, 2.24) is 10.2 Å². The molecule has 2 aromatic carbocycles. The van der Waals surface area contributed by atoms with Crippen molar-refractivity contribution in [3.8, 4) is 22.5 Å². The van der Waals surface area contributed by atoms with E-state index in [1.54, 1.807) is 7.05 Å². The van der Waals surface area contributed by atoms with E-state index in [1.807, 2.05) is 30.3 Å². The second-order valence-electron chi connectivity index (χ2n) is 5.70. The lowest BCUT2D eigenvalue weighted by molar-refractivity contribution is 0.255. The summed E-state index contributed by atoms with van der Waals surface area (Å²) in [5, 5.41) is 7.65. The van der Waals surface area contributed by atoms with E-state index >= 15 is 0 Å². The Bertz CT molecular complexity index is 896. The zero-order valence-electron chi connectivity index (χ0n) is 12.7. The van der Waals surface area contributed by atoms with E-state index in [2.05, 4.69) is 28.4 Å². The molecule has 3 aromatic rings. The van der Waals surface area contributed by atoms with E-state index in [9.17, 15) is 4.79 Å². The zero-order chi connectivity index (χ0) is 16.0. The predicted molar refractivity (Wildman–Crippen MR) is 90.3 cm³/mol. The van der Waals surface area contributed by atoms with Gasteiger partial charge in [-0.3, -0.25) is 10.00 Å². The van der Waals surface area contributed by atoms with Gasteiger partial charge < -0.3 is 5.73 Å². The van der Waals surface area contributed by atoms with Crippen LogP contribution in [0.3, 0.4) is 0 Å². The highest BCUT2D eigenvalue weighted by molar-refractivity contribution is 5.90. The number of fused-ring (bicyclic) bond motifs is 3. The Labute approximate surface area is 133 Å². The first kappa shape index (κ1) is 13.6. The van der Waals surface area contributed by atoms with Gasteiger partial charge in [0.25, 0.3) is 0 Å². The van der Waals surface area contributed by atoms with Gasteiger partial charge in [-0.25, -0.2) is 4.79 Å². The Balaban J connectivity index is 1.71. The number of hydrogen-bond donors (Lipinski definition) is 2. The minimum Gasteiger partial charge on any atom is -0.351 e. The quantitative estimate of drug-likeness (QED) is 0.597. The van der Waals surface area contributed by atoms with Gasteiger partial charge in [0.05, 0.1) is 11.4 Å². The number of H-pyrrole nitrogens is 1. The molecule has 0 saturated carbocycles. The number of primary amides is 1. The van der Waals surface area contributed by atoms with Gasteiger partial charge >= 0.3 is 6.03 Å².